The molecule has 1 fully saturated rings. The molecule has 0 aromatic heterocycles. The number of nitrogens with zero attached hydrogens (tertiary/aromatic N) is 1. The Balaban J connectivity index is 2.20. The molecule has 2 atom stereocenters. The van der Waals surface area contributed by atoms with Crippen LogP contribution in [0, 0.1) is 5.82 Å². The summed E-state index contributed by atoms with van der Waals surface area (Å²) in [4.78, 5) is 14.3. The van der Waals surface area contributed by atoms with Gasteiger partial charge in [-0.05, 0) is 31.0 Å². The summed E-state index contributed by atoms with van der Waals surface area (Å²) in [5, 5.41) is 0.372. The molecule has 0 spiro atoms. The van der Waals surface area contributed by atoms with Gasteiger partial charge in [0.25, 0.3) is 5.91 Å². The Morgan fingerprint density at radius 2 is 2.11 bits per heavy atom. The SMILES string of the molecule is CN(C(=O)c1cc(Cl)ccc1F)C1CCCCC1Br. The minimum Gasteiger partial charge on any atom is -0.338 e. The Bertz CT molecular complexity index is 483. The molecule has 1 aliphatic rings. The summed E-state index contributed by atoms with van der Waals surface area (Å²) in [6.45, 7) is 0. The number of halogens is 3. The van der Waals surface area contributed by atoms with Crippen LogP contribution in [0.15, 0.2) is 18.2 Å². The summed E-state index contributed by atoms with van der Waals surface area (Å²) in [6, 6.07) is 4.18. The fourth-order valence-corrected chi connectivity index (χ4v) is 3.62. The molecule has 1 aromatic rings. The smallest absolute Gasteiger partial charge is 0.256 e. The molecule has 0 heterocycles. The number of carbonyl (C=O) groups is 1. The van der Waals surface area contributed by atoms with Crippen molar-refractivity contribution in [2.75, 3.05) is 7.05 Å². The zero-order valence-electron chi connectivity index (χ0n) is 10.7. The average molecular weight is 349 g/mol. The second-order valence-electron chi connectivity index (χ2n) is 4.91. The van der Waals surface area contributed by atoms with E-state index in [1.807, 2.05) is 0 Å². The highest BCUT2D eigenvalue weighted by molar-refractivity contribution is 9.09. The standard InChI is InChI=1S/C14H16BrClFNO/c1-18(13-5-3-2-4-11(13)15)14(19)10-8-9(16)6-7-12(10)17/h6-8,11,13H,2-5H2,1H3. The number of rotatable bonds is 2. The fraction of sp³-hybridized carbons (Fsp3) is 0.500. The third-order valence-corrected chi connectivity index (χ3v) is 4.93. The van der Waals surface area contributed by atoms with Gasteiger partial charge in [-0.1, -0.05) is 40.4 Å². The lowest BCUT2D eigenvalue weighted by Gasteiger charge is -2.35. The van der Waals surface area contributed by atoms with Crippen LogP contribution in [-0.2, 0) is 0 Å². The van der Waals surface area contributed by atoms with E-state index < -0.39 is 5.82 Å². The van der Waals surface area contributed by atoms with Gasteiger partial charge >= 0.3 is 0 Å². The molecule has 1 aliphatic carbocycles. The van der Waals surface area contributed by atoms with Crippen LogP contribution in [0.2, 0.25) is 5.02 Å². The molecule has 104 valence electrons. The van der Waals surface area contributed by atoms with Crippen LogP contribution in [0.25, 0.3) is 0 Å². The summed E-state index contributed by atoms with van der Waals surface area (Å²) in [6.07, 6.45) is 4.25. The summed E-state index contributed by atoms with van der Waals surface area (Å²) >= 11 is 9.45. The highest BCUT2D eigenvalue weighted by Gasteiger charge is 2.30. The van der Waals surface area contributed by atoms with E-state index >= 15 is 0 Å². The van der Waals surface area contributed by atoms with Gasteiger partial charge in [0, 0.05) is 22.9 Å². The fourth-order valence-electron chi connectivity index (χ4n) is 2.50. The molecular formula is C14H16BrClFNO. The summed E-state index contributed by atoms with van der Waals surface area (Å²) in [5.41, 5.74) is 0.0419. The second-order valence-corrected chi connectivity index (χ2v) is 6.52. The predicted octanol–water partition coefficient (Wildman–Crippen LogP) is 4.26. The molecule has 5 heteroatoms. The van der Waals surface area contributed by atoms with E-state index in [9.17, 15) is 9.18 Å². The van der Waals surface area contributed by atoms with E-state index in [1.54, 1.807) is 11.9 Å². The molecule has 2 nitrogen and oxygen atoms in total. The number of carbonyl (C=O) groups excluding carboxylic acids is 1. The molecule has 0 N–H and O–H groups in total. The van der Waals surface area contributed by atoms with Crippen LogP contribution in [0.4, 0.5) is 4.39 Å². The van der Waals surface area contributed by atoms with E-state index in [-0.39, 0.29) is 22.3 Å². The van der Waals surface area contributed by atoms with Crippen molar-refractivity contribution in [3.63, 3.8) is 0 Å². The van der Waals surface area contributed by atoms with Crippen LogP contribution < -0.4 is 0 Å². The molecule has 0 aliphatic heterocycles. The molecule has 2 unspecified atom stereocenters. The van der Waals surface area contributed by atoms with Crippen LogP contribution in [0.1, 0.15) is 36.0 Å². The number of amides is 1. The van der Waals surface area contributed by atoms with Crippen molar-refractivity contribution in [3.05, 3.63) is 34.6 Å². The maximum Gasteiger partial charge on any atom is 0.256 e. The molecule has 2 rings (SSSR count). The summed E-state index contributed by atoms with van der Waals surface area (Å²) < 4.78 is 13.7. The maximum atomic E-state index is 13.7. The maximum absolute atomic E-state index is 13.7. The topological polar surface area (TPSA) is 20.3 Å². The molecule has 19 heavy (non-hydrogen) atoms. The van der Waals surface area contributed by atoms with Crippen LogP contribution >= 0.6 is 27.5 Å². The van der Waals surface area contributed by atoms with E-state index in [0.717, 1.165) is 19.3 Å². The predicted molar refractivity (Wildman–Crippen MR) is 78.5 cm³/mol. The first-order chi connectivity index (χ1) is 9.00. The van der Waals surface area contributed by atoms with Gasteiger partial charge in [0.1, 0.15) is 5.82 Å². The van der Waals surface area contributed by atoms with Crippen molar-refractivity contribution in [1.29, 1.82) is 0 Å². The van der Waals surface area contributed by atoms with Crippen molar-refractivity contribution in [2.24, 2.45) is 0 Å². The number of alkyl halides is 1. The quantitative estimate of drug-likeness (QED) is 0.731. The number of benzene rings is 1. The van der Waals surface area contributed by atoms with Crippen LogP contribution in [0.5, 0.6) is 0 Å². The Kier molecular flexibility index (Phi) is 4.85. The monoisotopic (exact) mass is 347 g/mol. The normalized spacial score (nSPS) is 23.2. The molecule has 1 saturated carbocycles. The van der Waals surface area contributed by atoms with Crippen molar-refractivity contribution in [3.8, 4) is 0 Å². The van der Waals surface area contributed by atoms with Gasteiger partial charge in [0.15, 0.2) is 0 Å². The Hall–Kier alpha value is -0.610. The molecule has 1 aromatic carbocycles. The van der Waals surface area contributed by atoms with Gasteiger partial charge in [0.2, 0.25) is 0 Å². The molecule has 0 radical (unpaired) electrons. The van der Waals surface area contributed by atoms with Crippen molar-refractivity contribution < 1.29 is 9.18 Å². The van der Waals surface area contributed by atoms with E-state index in [0.29, 0.717) is 5.02 Å². The third kappa shape index (κ3) is 3.29. The largest absolute Gasteiger partial charge is 0.338 e. The van der Waals surface area contributed by atoms with Crippen molar-refractivity contribution >= 4 is 33.4 Å². The highest BCUT2D eigenvalue weighted by Crippen LogP contribution is 2.29. The van der Waals surface area contributed by atoms with Gasteiger partial charge in [-0.25, -0.2) is 4.39 Å². The number of hydrogen-bond donors (Lipinski definition) is 0. The third-order valence-electron chi connectivity index (χ3n) is 3.62. The lowest BCUT2D eigenvalue weighted by Crippen LogP contribution is -2.44. The Morgan fingerprint density at radius 3 is 2.79 bits per heavy atom. The van der Waals surface area contributed by atoms with E-state index in [2.05, 4.69) is 15.9 Å². The molecule has 1 amide bonds. The molecule has 0 saturated heterocycles. The molecule has 0 bridgehead atoms. The van der Waals surface area contributed by atoms with Crippen molar-refractivity contribution in [1.82, 2.24) is 4.90 Å². The zero-order valence-corrected chi connectivity index (χ0v) is 13.0. The average Bonchev–Trinajstić information content (AvgIpc) is 2.40. The first-order valence-corrected chi connectivity index (χ1v) is 7.66. The van der Waals surface area contributed by atoms with E-state index in [1.165, 1.54) is 24.6 Å². The minimum atomic E-state index is -0.525. The molecular weight excluding hydrogens is 333 g/mol. The van der Waals surface area contributed by atoms with Gasteiger partial charge in [0.05, 0.1) is 5.56 Å². The first kappa shape index (κ1) is 14.8. The second kappa shape index (κ2) is 6.23. The summed E-state index contributed by atoms with van der Waals surface area (Å²) in [5.74, 6) is -0.834. The van der Waals surface area contributed by atoms with E-state index in [4.69, 9.17) is 11.6 Å². The lowest BCUT2D eigenvalue weighted by atomic mass is 9.94. The van der Waals surface area contributed by atoms with Crippen LogP contribution in [0.3, 0.4) is 0 Å². The van der Waals surface area contributed by atoms with Gasteiger partial charge in [-0.15, -0.1) is 0 Å². The lowest BCUT2D eigenvalue weighted by molar-refractivity contribution is 0.0700. The Morgan fingerprint density at radius 1 is 1.42 bits per heavy atom. The number of hydrogen-bond acceptors (Lipinski definition) is 1. The van der Waals surface area contributed by atoms with Gasteiger partial charge < -0.3 is 4.90 Å². The summed E-state index contributed by atoms with van der Waals surface area (Å²) in [7, 11) is 1.73. The van der Waals surface area contributed by atoms with Crippen molar-refractivity contribution in [2.45, 2.75) is 36.6 Å². The minimum absolute atomic E-state index is 0.0419. The Labute approximate surface area is 126 Å². The first-order valence-electron chi connectivity index (χ1n) is 6.37. The highest BCUT2D eigenvalue weighted by atomic mass is 79.9. The van der Waals surface area contributed by atoms with Gasteiger partial charge in [-0.2, -0.15) is 0 Å². The van der Waals surface area contributed by atoms with Crippen LogP contribution in [-0.4, -0.2) is 28.7 Å². The van der Waals surface area contributed by atoms with Gasteiger partial charge in [-0.3, -0.25) is 4.79 Å². The zero-order chi connectivity index (χ0) is 14.0.